The molecule has 1 N–H and O–H groups in total. The fraction of sp³-hybridized carbons (Fsp3) is 0.419. The van der Waals surface area contributed by atoms with E-state index in [-0.39, 0.29) is 12.0 Å². The van der Waals surface area contributed by atoms with Crippen molar-refractivity contribution in [3.8, 4) is 22.3 Å². The fourth-order valence-electron chi connectivity index (χ4n) is 4.16. The molecule has 6 heteroatoms. The summed E-state index contributed by atoms with van der Waals surface area (Å²) in [5.41, 5.74) is 4.88. The van der Waals surface area contributed by atoms with Crippen molar-refractivity contribution in [2.24, 2.45) is 0 Å². The first-order valence-electron chi connectivity index (χ1n) is 13.4. The van der Waals surface area contributed by atoms with Crippen LogP contribution in [0.3, 0.4) is 0 Å². The molecule has 1 unspecified atom stereocenters. The van der Waals surface area contributed by atoms with Crippen molar-refractivity contribution in [3.05, 3.63) is 78.2 Å². The molecule has 0 radical (unpaired) electrons. The highest BCUT2D eigenvalue weighted by Gasteiger charge is 2.28. The van der Waals surface area contributed by atoms with Crippen molar-refractivity contribution in [2.75, 3.05) is 0 Å². The minimum atomic E-state index is -2.82. The number of rotatable bonds is 10. The van der Waals surface area contributed by atoms with Crippen LogP contribution < -0.4 is 0 Å². The van der Waals surface area contributed by atoms with E-state index in [4.69, 9.17) is 0 Å². The van der Waals surface area contributed by atoms with Gasteiger partial charge in [0.2, 0.25) is 0 Å². The van der Waals surface area contributed by atoms with Crippen LogP contribution in [0.5, 0.6) is 0 Å². The summed E-state index contributed by atoms with van der Waals surface area (Å²) < 4.78 is 29.3. The maximum atomic E-state index is 13.8. The maximum absolute atomic E-state index is 13.8. The summed E-state index contributed by atoms with van der Waals surface area (Å²) in [6.45, 7) is 7.71. The van der Waals surface area contributed by atoms with Gasteiger partial charge in [-0.3, -0.25) is 0 Å². The highest BCUT2D eigenvalue weighted by Crippen LogP contribution is 2.33. The van der Waals surface area contributed by atoms with Crippen molar-refractivity contribution in [2.45, 2.75) is 84.7 Å². The number of fused-ring (bicyclic) bond motifs is 1. The Kier molecular flexibility index (Phi) is 10.3. The van der Waals surface area contributed by atoms with Gasteiger partial charge >= 0.3 is 0 Å². The summed E-state index contributed by atoms with van der Waals surface area (Å²) in [4.78, 5) is 4.55. The molecule has 0 aliphatic carbocycles. The van der Waals surface area contributed by atoms with Gasteiger partial charge in [0.05, 0.1) is 12.3 Å². The zero-order chi connectivity index (χ0) is 26.8. The quantitative estimate of drug-likeness (QED) is 0.218. The van der Waals surface area contributed by atoms with Crippen LogP contribution in [0.1, 0.15) is 89.9 Å². The molecule has 0 aliphatic heterocycles. The summed E-state index contributed by atoms with van der Waals surface area (Å²) in [6, 6.07) is 13.9. The van der Waals surface area contributed by atoms with Crippen molar-refractivity contribution in [1.29, 1.82) is 0 Å². The molecular weight excluding hydrogens is 468 g/mol. The van der Waals surface area contributed by atoms with Crippen LogP contribution in [0.2, 0.25) is 0 Å². The largest absolute Gasteiger partial charge is 0.389 e. The fourth-order valence-corrected chi connectivity index (χ4v) is 4.16. The number of aliphatic hydroxyl groups excluding tert-OH is 1. The molecule has 2 aromatic heterocycles. The Balaban J connectivity index is 0.000000414. The average molecular weight is 508 g/mol. The lowest BCUT2D eigenvalue weighted by Crippen LogP contribution is -2.10. The van der Waals surface area contributed by atoms with Gasteiger partial charge in [0, 0.05) is 35.5 Å². The predicted molar refractivity (Wildman–Crippen MR) is 148 cm³/mol. The number of unbranched alkanes of at least 4 members (excludes halogenated alkanes) is 5. The molecule has 37 heavy (non-hydrogen) atoms. The Morgan fingerprint density at radius 3 is 2.14 bits per heavy atom. The van der Waals surface area contributed by atoms with E-state index in [0.717, 1.165) is 27.8 Å². The Hall–Kier alpha value is -3.12. The molecule has 0 spiro atoms. The lowest BCUT2D eigenvalue weighted by Gasteiger charge is -2.14. The number of aliphatic hydroxyl groups is 1. The average Bonchev–Trinajstić information content (AvgIpc) is 3.35. The second-order valence-electron chi connectivity index (χ2n) is 9.52. The third-order valence-electron chi connectivity index (χ3n) is 6.58. The van der Waals surface area contributed by atoms with Gasteiger partial charge in [-0.25, -0.2) is 18.3 Å². The van der Waals surface area contributed by atoms with Gasteiger partial charge in [-0.05, 0) is 29.7 Å². The second-order valence-corrected chi connectivity index (χ2v) is 9.52. The number of aromatic nitrogens is 3. The molecule has 0 aliphatic rings. The van der Waals surface area contributed by atoms with Crippen LogP contribution >= 0.6 is 0 Å². The Bertz CT molecular complexity index is 1240. The van der Waals surface area contributed by atoms with Crippen LogP contribution in [0.15, 0.2) is 67.1 Å². The van der Waals surface area contributed by atoms with Crippen molar-refractivity contribution in [1.82, 2.24) is 14.6 Å². The molecule has 2 aromatic carbocycles. The summed E-state index contributed by atoms with van der Waals surface area (Å²) in [6.07, 6.45) is 13.0. The summed E-state index contributed by atoms with van der Waals surface area (Å²) in [5.74, 6) is -2.82. The van der Waals surface area contributed by atoms with Crippen LogP contribution in [0, 0.1) is 0 Å². The van der Waals surface area contributed by atoms with Gasteiger partial charge in [-0.2, -0.15) is 5.10 Å². The number of alkyl halides is 2. The number of nitrogens with zero attached hydrogens (tertiary/aromatic N) is 3. The normalized spacial score (nSPS) is 12.3. The molecule has 4 nitrogen and oxygen atoms in total. The van der Waals surface area contributed by atoms with Crippen molar-refractivity contribution >= 4 is 5.65 Å². The van der Waals surface area contributed by atoms with Gasteiger partial charge < -0.3 is 5.11 Å². The molecule has 1 atom stereocenters. The predicted octanol–water partition coefficient (Wildman–Crippen LogP) is 8.99. The minimum Gasteiger partial charge on any atom is -0.389 e. The molecule has 0 saturated heterocycles. The zero-order valence-corrected chi connectivity index (χ0v) is 22.4. The summed E-state index contributed by atoms with van der Waals surface area (Å²) in [5, 5.41) is 14.2. The van der Waals surface area contributed by atoms with E-state index < -0.39 is 12.0 Å². The molecule has 0 saturated carbocycles. The third kappa shape index (κ3) is 7.45. The van der Waals surface area contributed by atoms with E-state index >= 15 is 0 Å². The van der Waals surface area contributed by atoms with Gasteiger partial charge in [-0.1, -0.05) is 102 Å². The molecule has 4 aromatic rings. The SMILES string of the molecule is CCC(F)(F)c1ccc(-c2cnc3c(-c4cccc(C(C)O)c4)cnn3c2)cc1.CCCCCCCC. The minimum absolute atomic E-state index is 0.0113. The molecule has 198 valence electrons. The molecular formula is C31H39F2N3O. The van der Waals surface area contributed by atoms with Crippen LogP contribution in [0.25, 0.3) is 27.9 Å². The smallest absolute Gasteiger partial charge is 0.273 e. The van der Waals surface area contributed by atoms with E-state index in [2.05, 4.69) is 23.9 Å². The van der Waals surface area contributed by atoms with Gasteiger partial charge in [-0.15, -0.1) is 0 Å². The monoisotopic (exact) mass is 507 g/mol. The molecule has 0 amide bonds. The highest BCUT2D eigenvalue weighted by atomic mass is 19.3. The van der Waals surface area contributed by atoms with Gasteiger partial charge in [0.25, 0.3) is 5.92 Å². The van der Waals surface area contributed by atoms with Gasteiger partial charge in [0.15, 0.2) is 5.65 Å². The standard InChI is InChI=1S/C23H21F2N3O.C8H18/c1-3-23(24,25)20-9-7-16(8-10-20)19-12-26-22-21(13-27-28(22)14-19)18-6-4-5-17(11-18)15(2)29;1-3-5-7-8-6-4-2/h4-15,29H,3H2,1-2H3;3-8H2,1-2H3. The van der Waals surface area contributed by atoms with E-state index in [1.807, 2.05) is 30.5 Å². The first-order valence-corrected chi connectivity index (χ1v) is 13.4. The molecule has 0 bridgehead atoms. The topological polar surface area (TPSA) is 50.4 Å². The Morgan fingerprint density at radius 2 is 1.54 bits per heavy atom. The van der Waals surface area contributed by atoms with E-state index in [0.29, 0.717) is 5.65 Å². The first kappa shape index (κ1) is 28.5. The summed E-state index contributed by atoms with van der Waals surface area (Å²) in [7, 11) is 0. The Labute approximate surface area is 219 Å². The highest BCUT2D eigenvalue weighted by molar-refractivity contribution is 5.78. The number of benzene rings is 2. The molecule has 2 heterocycles. The zero-order valence-electron chi connectivity index (χ0n) is 22.4. The van der Waals surface area contributed by atoms with E-state index in [9.17, 15) is 13.9 Å². The Morgan fingerprint density at radius 1 is 0.865 bits per heavy atom. The van der Waals surface area contributed by atoms with Crippen molar-refractivity contribution < 1.29 is 13.9 Å². The van der Waals surface area contributed by atoms with Crippen LogP contribution in [-0.2, 0) is 5.92 Å². The number of hydrogen-bond donors (Lipinski definition) is 1. The third-order valence-corrected chi connectivity index (χ3v) is 6.58. The second kappa shape index (κ2) is 13.4. The maximum Gasteiger partial charge on any atom is 0.273 e. The van der Waals surface area contributed by atoms with E-state index in [1.54, 1.807) is 36.0 Å². The lowest BCUT2D eigenvalue weighted by atomic mass is 10.0. The van der Waals surface area contributed by atoms with Crippen molar-refractivity contribution in [3.63, 3.8) is 0 Å². The molecule has 0 fully saturated rings. The van der Waals surface area contributed by atoms with E-state index in [1.165, 1.54) is 57.6 Å². The van der Waals surface area contributed by atoms with Gasteiger partial charge in [0.1, 0.15) is 0 Å². The van der Waals surface area contributed by atoms with Crippen LogP contribution in [0.4, 0.5) is 8.78 Å². The van der Waals surface area contributed by atoms with Crippen LogP contribution in [-0.4, -0.2) is 19.7 Å². The number of halogens is 2. The summed E-state index contributed by atoms with van der Waals surface area (Å²) >= 11 is 0. The first-order chi connectivity index (χ1) is 17.8. The number of hydrogen-bond acceptors (Lipinski definition) is 3. The lowest BCUT2D eigenvalue weighted by molar-refractivity contribution is -0.00827. The molecule has 4 rings (SSSR count).